The smallest absolute Gasteiger partial charge is 0.358 e. The molecule has 1 heterocycles. The number of rotatable bonds is 6. The Labute approximate surface area is 122 Å². The fourth-order valence-corrected chi connectivity index (χ4v) is 3.10. The molecule has 1 aliphatic carbocycles. The average Bonchev–Trinajstić information content (AvgIpc) is 3.15. The zero-order valence-corrected chi connectivity index (χ0v) is 13.1. The van der Waals surface area contributed by atoms with Crippen molar-refractivity contribution in [2.24, 2.45) is 5.92 Å². The Balaban J connectivity index is 2.28. The van der Waals surface area contributed by atoms with E-state index >= 15 is 0 Å². The van der Waals surface area contributed by atoms with Crippen molar-refractivity contribution in [3.8, 4) is 0 Å². The molecule has 5 nitrogen and oxygen atoms in total. The van der Waals surface area contributed by atoms with Crippen molar-refractivity contribution in [1.29, 1.82) is 0 Å². The molecule has 2 rings (SSSR count). The lowest BCUT2D eigenvalue weighted by Crippen LogP contribution is -2.30. The molecule has 0 aromatic carbocycles. The Kier molecular flexibility index (Phi) is 4.42. The van der Waals surface area contributed by atoms with Gasteiger partial charge in [0.1, 0.15) is 4.88 Å². The minimum Gasteiger partial charge on any atom is -0.461 e. The maximum atomic E-state index is 11.9. The van der Waals surface area contributed by atoms with Crippen LogP contribution in [0.15, 0.2) is 0 Å². The van der Waals surface area contributed by atoms with Gasteiger partial charge in [-0.05, 0) is 32.6 Å². The van der Waals surface area contributed by atoms with E-state index in [4.69, 9.17) is 4.74 Å². The van der Waals surface area contributed by atoms with E-state index in [9.17, 15) is 9.59 Å². The molecule has 0 radical (unpaired) electrons. The third-order valence-electron chi connectivity index (χ3n) is 3.62. The lowest BCUT2D eigenvalue weighted by Gasteiger charge is -2.23. The van der Waals surface area contributed by atoms with E-state index in [0.717, 1.165) is 0 Å². The number of ketones is 1. The highest BCUT2D eigenvalue weighted by atomic mass is 32.1. The van der Waals surface area contributed by atoms with Gasteiger partial charge >= 0.3 is 5.97 Å². The predicted octanol–water partition coefficient (Wildman–Crippen LogP) is 2.76. The predicted molar refractivity (Wildman–Crippen MR) is 78.7 cm³/mol. The molecule has 1 saturated carbocycles. The number of carbonyl (C=O) groups excluding carboxylic acids is 2. The van der Waals surface area contributed by atoms with Crippen molar-refractivity contribution in [1.82, 2.24) is 4.98 Å². The first-order valence-corrected chi connectivity index (χ1v) is 7.69. The van der Waals surface area contributed by atoms with Crippen molar-refractivity contribution in [3.05, 3.63) is 10.6 Å². The van der Waals surface area contributed by atoms with Crippen LogP contribution in [-0.2, 0) is 4.74 Å². The summed E-state index contributed by atoms with van der Waals surface area (Å²) < 4.78 is 4.97. The Hall–Kier alpha value is -1.43. The highest BCUT2D eigenvalue weighted by Crippen LogP contribution is 2.37. The quantitative estimate of drug-likeness (QED) is 0.597. The molecule has 1 aliphatic rings. The van der Waals surface area contributed by atoms with Crippen molar-refractivity contribution in [2.45, 2.75) is 39.7 Å². The maximum absolute atomic E-state index is 11.9. The molecule has 0 saturated heterocycles. The number of Topliss-reactive ketones (excluding diaryl/α,β-unsaturated/α-hetero) is 1. The van der Waals surface area contributed by atoms with E-state index in [1.807, 2.05) is 7.05 Å². The van der Waals surface area contributed by atoms with Crippen LogP contribution in [0, 0.1) is 5.92 Å². The van der Waals surface area contributed by atoms with Gasteiger partial charge in [-0.3, -0.25) is 4.79 Å². The van der Waals surface area contributed by atoms with Crippen LogP contribution in [0.4, 0.5) is 5.13 Å². The molecule has 0 N–H and O–H groups in total. The van der Waals surface area contributed by atoms with Crippen LogP contribution in [0.1, 0.15) is 53.8 Å². The van der Waals surface area contributed by atoms with Gasteiger partial charge in [-0.15, -0.1) is 0 Å². The van der Waals surface area contributed by atoms with Gasteiger partial charge in [0, 0.05) is 20.0 Å². The number of anilines is 1. The first kappa shape index (κ1) is 15.0. The van der Waals surface area contributed by atoms with Crippen molar-refractivity contribution >= 4 is 28.2 Å². The second kappa shape index (κ2) is 5.91. The zero-order valence-electron chi connectivity index (χ0n) is 12.3. The van der Waals surface area contributed by atoms with Crippen molar-refractivity contribution < 1.29 is 14.3 Å². The van der Waals surface area contributed by atoms with Gasteiger partial charge in [0.05, 0.1) is 6.61 Å². The minimum absolute atomic E-state index is 0.147. The molecule has 1 unspecified atom stereocenters. The van der Waals surface area contributed by atoms with E-state index in [0.29, 0.717) is 22.0 Å². The fraction of sp³-hybridized carbons (Fsp3) is 0.643. The van der Waals surface area contributed by atoms with Crippen molar-refractivity contribution in [2.75, 3.05) is 18.6 Å². The number of nitrogens with zero attached hydrogens (tertiary/aromatic N) is 2. The summed E-state index contributed by atoms with van der Waals surface area (Å²) in [5.74, 6) is 0.0210. The molecule has 0 spiro atoms. The summed E-state index contributed by atoms with van der Waals surface area (Å²) in [6, 6.07) is 0.371. The second-order valence-corrected chi connectivity index (χ2v) is 6.12. The second-order valence-electron chi connectivity index (χ2n) is 5.14. The molecular weight excluding hydrogens is 276 g/mol. The van der Waals surface area contributed by atoms with Gasteiger partial charge < -0.3 is 9.64 Å². The normalized spacial score (nSPS) is 15.8. The number of esters is 1. The largest absolute Gasteiger partial charge is 0.461 e. The van der Waals surface area contributed by atoms with Crippen LogP contribution in [-0.4, -0.2) is 36.4 Å². The molecule has 1 atom stereocenters. The molecule has 0 aliphatic heterocycles. The first-order chi connectivity index (χ1) is 9.45. The standard InChI is InChI=1S/C14H20N2O3S/c1-5-19-13(18)11-12(9(3)17)20-14(15-11)16(4)8(2)10-6-7-10/h8,10H,5-7H2,1-4H3. The molecule has 6 heteroatoms. The zero-order chi connectivity index (χ0) is 14.9. The average molecular weight is 296 g/mol. The SMILES string of the molecule is CCOC(=O)c1nc(N(C)C(C)C2CC2)sc1C(C)=O. The van der Waals surface area contributed by atoms with Crippen molar-refractivity contribution in [3.63, 3.8) is 0 Å². The number of ether oxygens (including phenoxy) is 1. The number of hydrogen-bond donors (Lipinski definition) is 0. The fourth-order valence-electron chi connectivity index (χ4n) is 2.11. The summed E-state index contributed by atoms with van der Waals surface area (Å²) in [6.07, 6.45) is 2.47. The van der Waals surface area contributed by atoms with Crippen LogP contribution < -0.4 is 4.90 Å². The highest BCUT2D eigenvalue weighted by molar-refractivity contribution is 7.17. The molecule has 110 valence electrons. The summed E-state index contributed by atoms with van der Waals surface area (Å²) in [5.41, 5.74) is 0.147. The summed E-state index contributed by atoms with van der Waals surface area (Å²) in [6.45, 7) is 5.61. The lowest BCUT2D eigenvalue weighted by atomic mass is 10.2. The summed E-state index contributed by atoms with van der Waals surface area (Å²) in [7, 11) is 1.96. The first-order valence-electron chi connectivity index (χ1n) is 6.87. The van der Waals surface area contributed by atoms with Gasteiger partial charge in [0.2, 0.25) is 0 Å². The third kappa shape index (κ3) is 3.00. The molecule has 1 aromatic rings. The third-order valence-corrected chi connectivity index (χ3v) is 4.87. The Bertz CT molecular complexity index is 522. The van der Waals surface area contributed by atoms with Gasteiger partial charge in [-0.2, -0.15) is 0 Å². The molecule has 1 fully saturated rings. The molecule has 20 heavy (non-hydrogen) atoms. The van der Waals surface area contributed by atoms with E-state index in [1.165, 1.54) is 31.1 Å². The van der Waals surface area contributed by atoms with Gasteiger partial charge in [-0.25, -0.2) is 9.78 Å². The Morgan fingerprint density at radius 2 is 2.15 bits per heavy atom. The minimum atomic E-state index is -0.521. The van der Waals surface area contributed by atoms with Gasteiger partial charge in [0.15, 0.2) is 16.6 Å². The molecular formula is C14H20N2O3S. The van der Waals surface area contributed by atoms with Crippen LogP contribution in [0.2, 0.25) is 0 Å². The van der Waals surface area contributed by atoms with Gasteiger partial charge in [0.25, 0.3) is 0 Å². The topological polar surface area (TPSA) is 59.5 Å². The number of thiazole rings is 1. The lowest BCUT2D eigenvalue weighted by molar-refractivity contribution is 0.0517. The number of carbonyl (C=O) groups is 2. The highest BCUT2D eigenvalue weighted by Gasteiger charge is 2.33. The number of aromatic nitrogens is 1. The van der Waals surface area contributed by atoms with Crippen LogP contribution in [0.5, 0.6) is 0 Å². The summed E-state index contributed by atoms with van der Waals surface area (Å²) in [4.78, 5) is 30.3. The summed E-state index contributed by atoms with van der Waals surface area (Å²) in [5, 5.41) is 0.706. The Morgan fingerprint density at radius 1 is 1.50 bits per heavy atom. The molecule has 0 bridgehead atoms. The monoisotopic (exact) mass is 296 g/mol. The number of hydrogen-bond acceptors (Lipinski definition) is 6. The van der Waals surface area contributed by atoms with E-state index in [2.05, 4.69) is 16.8 Å². The van der Waals surface area contributed by atoms with Crippen LogP contribution >= 0.6 is 11.3 Å². The van der Waals surface area contributed by atoms with Crippen LogP contribution in [0.3, 0.4) is 0 Å². The molecule has 0 amide bonds. The van der Waals surface area contributed by atoms with E-state index in [-0.39, 0.29) is 18.1 Å². The van der Waals surface area contributed by atoms with E-state index < -0.39 is 5.97 Å². The Morgan fingerprint density at radius 3 is 2.65 bits per heavy atom. The van der Waals surface area contributed by atoms with E-state index in [1.54, 1.807) is 6.92 Å². The maximum Gasteiger partial charge on any atom is 0.358 e. The molecule has 1 aromatic heterocycles. The van der Waals surface area contributed by atoms with Gasteiger partial charge in [-0.1, -0.05) is 11.3 Å². The summed E-state index contributed by atoms with van der Waals surface area (Å²) >= 11 is 1.27. The van der Waals surface area contributed by atoms with Crippen LogP contribution in [0.25, 0.3) is 0 Å².